The molecule has 6 nitrogen and oxygen atoms in total. The maximum atomic E-state index is 10.6. The van der Waals surface area contributed by atoms with Crippen molar-refractivity contribution >= 4 is 33.0 Å². The molecule has 1 aromatic heterocycles. The average molecular weight is 423 g/mol. The van der Waals surface area contributed by atoms with Crippen LogP contribution in [0.3, 0.4) is 0 Å². The van der Waals surface area contributed by atoms with Gasteiger partial charge in [-0.2, -0.15) is 10.6 Å². The van der Waals surface area contributed by atoms with E-state index in [1.807, 2.05) is 48.5 Å². The number of hydrogen-bond acceptors (Lipinski definition) is 6. The Morgan fingerprint density at radius 1 is 1.20 bits per heavy atom. The second-order valence-electron chi connectivity index (χ2n) is 7.37. The van der Waals surface area contributed by atoms with Crippen molar-refractivity contribution in [2.24, 2.45) is 5.73 Å². The molecule has 1 aliphatic heterocycles. The molecule has 7 heteroatoms. The fraction of sp³-hybridized carbons (Fsp3) is 0.261. The van der Waals surface area contributed by atoms with Gasteiger partial charge in [0.2, 0.25) is 0 Å². The molecule has 0 bridgehead atoms. The molecule has 30 heavy (non-hydrogen) atoms. The highest BCUT2D eigenvalue weighted by Crippen LogP contribution is 2.51. The van der Waals surface area contributed by atoms with E-state index in [0.29, 0.717) is 24.5 Å². The van der Waals surface area contributed by atoms with E-state index in [4.69, 9.17) is 17.1 Å². The Morgan fingerprint density at radius 2 is 2.03 bits per heavy atom. The van der Waals surface area contributed by atoms with Crippen molar-refractivity contribution in [2.75, 3.05) is 35.6 Å². The molecule has 0 aliphatic carbocycles. The van der Waals surface area contributed by atoms with Crippen LogP contribution in [-0.2, 0) is 6.54 Å². The lowest BCUT2D eigenvalue weighted by molar-refractivity contribution is 0.488. The zero-order valence-electron chi connectivity index (χ0n) is 16.7. The summed E-state index contributed by atoms with van der Waals surface area (Å²) in [5.74, 6) is 3.74. The lowest BCUT2D eigenvalue weighted by Crippen LogP contribution is -2.26. The molecule has 156 valence electrons. The van der Waals surface area contributed by atoms with Crippen LogP contribution in [0.2, 0.25) is 0 Å². The first-order valence-corrected chi connectivity index (χ1v) is 11.7. The fourth-order valence-corrected chi connectivity index (χ4v) is 5.26. The molecule has 0 radical (unpaired) electrons. The molecule has 0 amide bonds. The summed E-state index contributed by atoms with van der Waals surface area (Å²) in [6.45, 7) is 2.42. The Bertz CT molecular complexity index is 1110. The monoisotopic (exact) mass is 422 g/mol. The number of nitrogens with two attached hydrogens (primary N) is 1. The predicted octanol–water partition coefficient (Wildman–Crippen LogP) is 4.11. The first-order chi connectivity index (χ1) is 14.5. The van der Waals surface area contributed by atoms with Gasteiger partial charge in [-0.15, -0.1) is 6.42 Å². The topological polar surface area (TPSA) is 94.6 Å². The molecule has 2 aromatic carbocycles. The molecule has 0 spiro atoms. The fourth-order valence-electron chi connectivity index (χ4n) is 3.72. The lowest BCUT2D eigenvalue weighted by atomic mass is 10.1. The number of nitrogens with zero attached hydrogens (tertiary/aromatic N) is 2. The quantitative estimate of drug-likeness (QED) is 0.365. The SMILES string of the molecule is C#Cc1ccc2nc(N3CCS(O)(O)c4ccccc4C3)cc(NCCCN)c2c1. The van der Waals surface area contributed by atoms with Gasteiger partial charge in [0, 0.05) is 42.3 Å². The van der Waals surface area contributed by atoms with Crippen LogP contribution in [0, 0.1) is 12.3 Å². The summed E-state index contributed by atoms with van der Waals surface area (Å²) >= 11 is 0. The van der Waals surface area contributed by atoms with E-state index in [-0.39, 0.29) is 5.75 Å². The molecule has 5 N–H and O–H groups in total. The number of anilines is 2. The first kappa shape index (κ1) is 20.5. The number of hydrogen-bond donors (Lipinski definition) is 4. The van der Waals surface area contributed by atoms with Gasteiger partial charge in [-0.25, -0.2) is 4.98 Å². The van der Waals surface area contributed by atoms with E-state index >= 15 is 0 Å². The molecular formula is C23H26N4O2S. The van der Waals surface area contributed by atoms with Gasteiger partial charge < -0.3 is 16.0 Å². The van der Waals surface area contributed by atoms with E-state index in [1.54, 1.807) is 0 Å². The van der Waals surface area contributed by atoms with Gasteiger partial charge in [-0.3, -0.25) is 9.11 Å². The summed E-state index contributed by atoms with van der Waals surface area (Å²) in [5, 5.41) is 4.43. The third-order valence-electron chi connectivity index (χ3n) is 5.31. The smallest absolute Gasteiger partial charge is 0.131 e. The van der Waals surface area contributed by atoms with E-state index < -0.39 is 10.6 Å². The summed E-state index contributed by atoms with van der Waals surface area (Å²) in [6, 6.07) is 15.3. The second kappa shape index (κ2) is 8.54. The van der Waals surface area contributed by atoms with Crippen LogP contribution in [0.1, 0.15) is 17.5 Å². The average Bonchev–Trinajstić information content (AvgIpc) is 2.89. The largest absolute Gasteiger partial charge is 0.384 e. The molecule has 0 saturated carbocycles. The highest BCUT2D eigenvalue weighted by molar-refractivity contribution is 8.24. The van der Waals surface area contributed by atoms with E-state index in [9.17, 15) is 9.11 Å². The van der Waals surface area contributed by atoms with Gasteiger partial charge in [0.25, 0.3) is 0 Å². The summed E-state index contributed by atoms with van der Waals surface area (Å²) in [7, 11) is -2.82. The summed E-state index contributed by atoms with van der Waals surface area (Å²) in [5.41, 5.74) is 9.16. The number of fused-ring (bicyclic) bond motifs is 2. The number of rotatable bonds is 5. The number of pyridine rings is 1. The van der Waals surface area contributed by atoms with Gasteiger partial charge in [-0.1, -0.05) is 24.1 Å². The Kier molecular flexibility index (Phi) is 5.84. The van der Waals surface area contributed by atoms with Crippen molar-refractivity contribution < 1.29 is 9.11 Å². The van der Waals surface area contributed by atoms with Crippen molar-refractivity contribution in [1.29, 1.82) is 0 Å². The molecule has 3 aromatic rings. The highest BCUT2D eigenvalue weighted by Gasteiger charge is 2.26. The van der Waals surface area contributed by atoms with Crippen LogP contribution < -0.4 is 16.0 Å². The molecule has 1 aliphatic rings. The van der Waals surface area contributed by atoms with E-state index in [1.165, 1.54) is 0 Å². The normalized spacial score (nSPS) is 16.4. The Labute approximate surface area is 178 Å². The maximum absolute atomic E-state index is 10.6. The number of benzene rings is 2. The Morgan fingerprint density at radius 3 is 2.83 bits per heavy atom. The van der Waals surface area contributed by atoms with Crippen molar-refractivity contribution in [2.45, 2.75) is 17.9 Å². The van der Waals surface area contributed by atoms with Crippen molar-refractivity contribution in [1.82, 2.24) is 4.98 Å². The molecule has 0 unspecified atom stereocenters. The lowest BCUT2D eigenvalue weighted by Gasteiger charge is -2.32. The van der Waals surface area contributed by atoms with Crippen LogP contribution in [0.15, 0.2) is 53.4 Å². The minimum atomic E-state index is -2.82. The van der Waals surface area contributed by atoms with Crippen molar-refractivity contribution in [3.8, 4) is 12.3 Å². The number of aromatic nitrogens is 1. The highest BCUT2D eigenvalue weighted by atomic mass is 32.3. The molecule has 0 atom stereocenters. The minimum absolute atomic E-state index is 0.274. The molecular weight excluding hydrogens is 396 g/mol. The van der Waals surface area contributed by atoms with Gasteiger partial charge in [-0.05, 0) is 42.8 Å². The van der Waals surface area contributed by atoms with Gasteiger partial charge in [0.1, 0.15) is 5.82 Å². The first-order valence-electron chi connectivity index (χ1n) is 9.96. The summed E-state index contributed by atoms with van der Waals surface area (Å²) in [6.07, 6.45) is 6.44. The van der Waals surface area contributed by atoms with E-state index in [2.05, 4.69) is 16.1 Å². The molecule has 0 fully saturated rings. The van der Waals surface area contributed by atoms with Gasteiger partial charge in [0.15, 0.2) is 0 Å². The summed E-state index contributed by atoms with van der Waals surface area (Å²) < 4.78 is 21.3. The Balaban J connectivity index is 1.76. The number of terminal acetylenes is 1. The van der Waals surface area contributed by atoms with Gasteiger partial charge in [0.05, 0.1) is 16.2 Å². The second-order valence-corrected chi connectivity index (χ2v) is 9.56. The van der Waals surface area contributed by atoms with Crippen LogP contribution in [0.25, 0.3) is 10.9 Å². The van der Waals surface area contributed by atoms with E-state index in [0.717, 1.165) is 46.5 Å². The maximum Gasteiger partial charge on any atom is 0.131 e. The molecule has 0 saturated heterocycles. The van der Waals surface area contributed by atoms with Crippen LogP contribution in [0.4, 0.5) is 11.5 Å². The predicted molar refractivity (Wildman–Crippen MR) is 125 cm³/mol. The summed E-state index contributed by atoms with van der Waals surface area (Å²) in [4.78, 5) is 7.60. The van der Waals surface area contributed by atoms with Gasteiger partial charge >= 0.3 is 0 Å². The zero-order chi connectivity index (χ0) is 21.1. The third-order valence-corrected chi connectivity index (χ3v) is 7.17. The van der Waals surface area contributed by atoms with Crippen LogP contribution in [-0.4, -0.2) is 39.5 Å². The molecule has 4 rings (SSSR count). The minimum Gasteiger partial charge on any atom is -0.384 e. The third kappa shape index (κ3) is 4.09. The molecule has 2 heterocycles. The van der Waals surface area contributed by atoms with Crippen LogP contribution >= 0.6 is 10.6 Å². The van der Waals surface area contributed by atoms with Crippen LogP contribution in [0.5, 0.6) is 0 Å². The van der Waals surface area contributed by atoms with Crippen molar-refractivity contribution in [3.63, 3.8) is 0 Å². The zero-order valence-corrected chi connectivity index (χ0v) is 17.5. The standard InChI is InChI=1S/C23H26N4O2S/c1-2-17-8-9-20-19(14-17)21(25-11-5-10-24)15-23(26-20)27-12-13-30(28,29)22-7-4-3-6-18(22)16-27/h1,3-4,6-9,14-15,28-29H,5,10-13,16,24H2,(H,25,26). The van der Waals surface area contributed by atoms with Crippen molar-refractivity contribution in [3.05, 3.63) is 59.7 Å². The number of nitrogens with one attached hydrogen (secondary N) is 1. The Hall–Kier alpha value is -2.76.